The van der Waals surface area contributed by atoms with Crippen molar-refractivity contribution in [3.8, 4) is 0 Å². The predicted molar refractivity (Wildman–Crippen MR) is 49.2 cm³/mol. The summed E-state index contributed by atoms with van der Waals surface area (Å²) in [6.07, 6.45) is -0.459. The van der Waals surface area contributed by atoms with Crippen molar-refractivity contribution in [3.05, 3.63) is 0 Å². The van der Waals surface area contributed by atoms with Gasteiger partial charge in [-0.15, -0.1) is 0 Å². The Kier molecular flexibility index (Phi) is 2.10. The van der Waals surface area contributed by atoms with Crippen LogP contribution in [-0.4, -0.2) is 50.2 Å². The lowest BCUT2D eigenvalue weighted by Crippen LogP contribution is -2.33. The summed E-state index contributed by atoms with van der Waals surface area (Å²) < 4.78 is 27.8. The van der Waals surface area contributed by atoms with Gasteiger partial charge in [0.2, 0.25) is 0 Å². The average Bonchev–Trinajstić information content (AvgIpc) is 2.87. The third kappa shape index (κ3) is 1.59. The van der Waals surface area contributed by atoms with Crippen molar-refractivity contribution in [2.75, 3.05) is 13.7 Å². The molecule has 0 aromatic carbocycles. The molecular weight excluding hydrogens is 200 g/mol. The fraction of sp³-hybridized carbons (Fsp3) is 1.00. The van der Waals surface area contributed by atoms with Crippen LogP contribution in [0.25, 0.3) is 0 Å². The molecule has 5 heteroatoms. The third-order valence-electron chi connectivity index (χ3n) is 3.00. The maximum Gasteiger partial charge on any atom is 0.186 e. The molecule has 5 nitrogen and oxygen atoms in total. The highest BCUT2D eigenvalue weighted by atomic mass is 16.8. The molecule has 5 atom stereocenters. The Morgan fingerprint density at radius 2 is 1.80 bits per heavy atom. The zero-order valence-electron chi connectivity index (χ0n) is 9.14. The van der Waals surface area contributed by atoms with E-state index in [-0.39, 0.29) is 30.7 Å². The minimum Gasteiger partial charge on any atom is -0.370 e. The summed E-state index contributed by atoms with van der Waals surface area (Å²) in [5.74, 6) is -0.553. The molecule has 4 unspecified atom stereocenters. The highest BCUT2D eigenvalue weighted by Gasteiger charge is 2.59. The third-order valence-corrected chi connectivity index (χ3v) is 3.00. The van der Waals surface area contributed by atoms with Gasteiger partial charge in [0.15, 0.2) is 12.1 Å². The fourth-order valence-electron chi connectivity index (χ4n) is 2.33. The first-order chi connectivity index (χ1) is 7.11. The number of hydrogen-bond donors (Lipinski definition) is 0. The van der Waals surface area contributed by atoms with E-state index < -0.39 is 5.79 Å². The average molecular weight is 216 g/mol. The molecule has 3 aliphatic heterocycles. The van der Waals surface area contributed by atoms with E-state index in [0.717, 1.165) is 6.61 Å². The molecule has 0 aromatic rings. The quantitative estimate of drug-likeness (QED) is 0.620. The largest absolute Gasteiger partial charge is 0.370 e. The number of fused-ring (bicyclic) bond motifs is 1. The molecule has 15 heavy (non-hydrogen) atoms. The fourth-order valence-corrected chi connectivity index (χ4v) is 2.33. The molecule has 0 amide bonds. The minimum absolute atomic E-state index is 0.0540. The van der Waals surface area contributed by atoms with E-state index in [1.165, 1.54) is 0 Å². The molecular formula is C10H16O5. The van der Waals surface area contributed by atoms with Gasteiger partial charge in [-0.3, -0.25) is 0 Å². The number of epoxide rings is 1. The van der Waals surface area contributed by atoms with Crippen LogP contribution >= 0.6 is 0 Å². The van der Waals surface area contributed by atoms with Crippen LogP contribution in [0.4, 0.5) is 0 Å². The SMILES string of the molecule is COC1OC([C@H]2CO2)C2OC(C)(C)OC12. The van der Waals surface area contributed by atoms with E-state index >= 15 is 0 Å². The van der Waals surface area contributed by atoms with Crippen molar-refractivity contribution in [3.63, 3.8) is 0 Å². The van der Waals surface area contributed by atoms with Gasteiger partial charge >= 0.3 is 0 Å². The second kappa shape index (κ2) is 3.15. The van der Waals surface area contributed by atoms with Crippen LogP contribution in [0.5, 0.6) is 0 Å². The number of rotatable bonds is 2. The molecule has 0 saturated carbocycles. The summed E-state index contributed by atoms with van der Waals surface area (Å²) in [4.78, 5) is 0. The van der Waals surface area contributed by atoms with Crippen LogP contribution in [0.1, 0.15) is 13.8 Å². The van der Waals surface area contributed by atoms with Gasteiger partial charge < -0.3 is 23.7 Å². The predicted octanol–water partition coefficient (Wildman–Crippen LogP) is 0.277. The Morgan fingerprint density at radius 1 is 1.13 bits per heavy atom. The van der Waals surface area contributed by atoms with Crippen LogP contribution in [0.2, 0.25) is 0 Å². The lowest BCUT2D eigenvalue weighted by molar-refractivity contribution is -0.228. The highest BCUT2D eigenvalue weighted by Crippen LogP contribution is 2.42. The van der Waals surface area contributed by atoms with Crippen molar-refractivity contribution >= 4 is 0 Å². The second-order valence-corrected chi connectivity index (χ2v) is 4.64. The van der Waals surface area contributed by atoms with Gasteiger partial charge in [-0.25, -0.2) is 0 Å². The van der Waals surface area contributed by atoms with Crippen molar-refractivity contribution in [2.24, 2.45) is 0 Å². The van der Waals surface area contributed by atoms with E-state index in [4.69, 9.17) is 23.7 Å². The summed E-state index contributed by atoms with van der Waals surface area (Å²) in [6.45, 7) is 4.56. The molecule has 0 radical (unpaired) electrons. The molecule has 0 bridgehead atoms. The molecule has 86 valence electrons. The Morgan fingerprint density at radius 3 is 2.40 bits per heavy atom. The monoisotopic (exact) mass is 216 g/mol. The van der Waals surface area contributed by atoms with Gasteiger partial charge in [0, 0.05) is 7.11 Å². The molecule has 0 aromatic heterocycles. The lowest BCUT2D eigenvalue weighted by atomic mass is 10.1. The van der Waals surface area contributed by atoms with E-state index in [0.29, 0.717) is 0 Å². The maximum absolute atomic E-state index is 5.81. The van der Waals surface area contributed by atoms with Gasteiger partial charge in [0.1, 0.15) is 24.4 Å². The second-order valence-electron chi connectivity index (χ2n) is 4.64. The molecule has 0 N–H and O–H groups in total. The molecule has 0 aliphatic carbocycles. The first-order valence-corrected chi connectivity index (χ1v) is 5.26. The van der Waals surface area contributed by atoms with Crippen LogP contribution in [0, 0.1) is 0 Å². The van der Waals surface area contributed by atoms with E-state index in [9.17, 15) is 0 Å². The molecule has 3 aliphatic rings. The van der Waals surface area contributed by atoms with E-state index in [1.807, 2.05) is 13.8 Å². The smallest absolute Gasteiger partial charge is 0.186 e. The summed E-state index contributed by atoms with van der Waals surface area (Å²) in [5, 5.41) is 0. The van der Waals surface area contributed by atoms with Gasteiger partial charge in [0.25, 0.3) is 0 Å². The van der Waals surface area contributed by atoms with Gasteiger partial charge in [-0.1, -0.05) is 0 Å². The first kappa shape index (κ1) is 9.99. The van der Waals surface area contributed by atoms with Crippen molar-refractivity contribution in [1.82, 2.24) is 0 Å². The van der Waals surface area contributed by atoms with Crippen molar-refractivity contribution in [1.29, 1.82) is 0 Å². The Balaban J connectivity index is 1.79. The van der Waals surface area contributed by atoms with E-state index in [1.54, 1.807) is 7.11 Å². The van der Waals surface area contributed by atoms with Gasteiger partial charge in [-0.2, -0.15) is 0 Å². The zero-order valence-corrected chi connectivity index (χ0v) is 9.14. The molecule has 3 rings (SSSR count). The normalized spacial score (nSPS) is 51.8. The molecule has 0 spiro atoms. The summed E-state index contributed by atoms with van der Waals surface area (Å²) in [5.41, 5.74) is 0. The topological polar surface area (TPSA) is 49.5 Å². The van der Waals surface area contributed by atoms with Crippen LogP contribution in [0.15, 0.2) is 0 Å². The zero-order chi connectivity index (χ0) is 10.6. The van der Waals surface area contributed by atoms with Crippen molar-refractivity contribution in [2.45, 2.75) is 50.3 Å². The maximum atomic E-state index is 5.81. The standard InChI is InChI=1S/C10H16O5/c1-10(2)14-7-6(5-4-12-5)13-9(11-3)8(7)15-10/h5-9H,4H2,1-3H3/t5-,6?,7?,8?,9?/m1/s1. The Bertz CT molecular complexity index is 263. The van der Waals surface area contributed by atoms with Crippen LogP contribution in [-0.2, 0) is 23.7 Å². The minimum atomic E-state index is -0.553. The Hall–Kier alpha value is -0.200. The van der Waals surface area contributed by atoms with Crippen LogP contribution in [0.3, 0.4) is 0 Å². The summed E-state index contributed by atoms with van der Waals surface area (Å²) in [6, 6.07) is 0. The molecule has 3 fully saturated rings. The number of methoxy groups -OCH3 is 1. The van der Waals surface area contributed by atoms with Crippen molar-refractivity contribution < 1.29 is 23.7 Å². The first-order valence-electron chi connectivity index (χ1n) is 5.26. The Labute approximate surface area is 88.6 Å². The van der Waals surface area contributed by atoms with Crippen LogP contribution < -0.4 is 0 Å². The summed E-state index contributed by atoms with van der Waals surface area (Å²) >= 11 is 0. The molecule has 3 saturated heterocycles. The number of ether oxygens (including phenoxy) is 5. The van der Waals surface area contributed by atoms with Gasteiger partial charge in [0.05, 0.1) is 6.61 Å². The molecule has 3 heterocycles. The number of hydrogen-bond acceptors (Lipinski definition) is 5. The lowest BCUT2D eigenvalue weighted by Gasteiger charge is -2.22. The summed E-state index contributed by atoms with van der Waals surface area (Å²) in [7, 11) is 1.62. The highest BCUT2D eigenvalue weighted by molar-refractivity contribution is 5.00. The van der Waals surface area contributed by atoms with Gasteiger partial charge in [-0.05, 0) is 13.8 Å². The van der Waals surface area contributed by atoms with E-state index in [2.05, 4.69) is 0 Å².